The molecule has 1 amide bonds. The summed E-state index contributed by atoms with van der Waals surface area (Å²) in [5, 5.41) is 14.7. The number of carboxylic acids is 1. The van der Waals surface area contributed by atoms with Crippen LogP contribution in [0.2, 0.25) is 0 Å². The average molecular weight is 242 g/mol. The topological polar surface area (TPSA) is 78.4 Å². The van der Waals surface area contributed by atoms with Crippen LogP contribution in [0.5, 0.6) is 0 Å². The number of aliphatic carboxylic acids is 1. The van der Waals surface area contributed by atoms with Gasteiger partial charge in [0.15, 0.2) is 0 Å². The summed E-state index contributed by atoms with van der Waals surface area (Å²) in [6.07, 6.45) is 2.74. The Morgan fingerprint density at radius 1 is 1.41 bits per heavy atom. The molecule has 0 bridgehead atoms. The quantitative estimate of drug-likeness (QED) is 0.582. The summed E-state index contributed by atoms with van der Waals surface area (Å²) in [6.45, 7) is 5.16. The van der Waals surface area contributed by atoms with Gasteiger partial charge < -0.3 is 15.7 Å². The van der Waals surface area contributed by atoms with E-state index in [0.717, 1.165) is 19.4 Å². The van der Waals surface area contributed by atoms with E-state index in [1.165, 1.54) is 0 Å². The van der Waals surface area contributed by atoms with Crippen LogP contribution in [0.15, 0.2) is 0 Å². The third kappa shape index (κ3) is 5.17. The highest BCUT2D eigenvalue weighted by Crippen LogP contribution is 2.33. The fraction of sp³-hybridized carbons (Fsp3) is 0.833. The second-order valence-corrected chi connectivity index (χ2v) is 4.79. The monoisotopic (exact) mass is 242 g/mol. The Morgan fingerprint density at radius 3 is 2.53 bits per heavy atom. The van der Waals surface area contributed by atoms with Crippen molar-refractivity contribution < 1.29 is 14.7 Å². The van der Waals surface area contributed by atoms with Gasteiger partial charge in [0.1, 0.15) is 6.04 Å². The van der Waals surface area contributed by atoms with E-state index in [0.29, 0.717) is 18.9 Å². The van der Waals surface area contributed by atoms with Gasteiger partial charge in [0, 0.05) is 12.5 Å². The number of amides is 1. The molecule has 1 fully saturated rings. The van der Waals surface area contributed by atoms with Crippen LogP contribution in [-0.4, -0.2) is 36.1 Å². The summed E-state index contributed by atoms with van der Waals surface area (Å²) in [5.74, 6) is -0.823. The third-order valence-electron chi connectivity index (χ3n) is 3.03. The Bertz CT molecular complexity index is 277. The van der Waals surface area contributed by atoms with Crippen LogP contribution in [0, 0.1) is 11.8 Å². The molecule has 0 radical (unpaired) electrons. The van der Waals surface area contributed by atoms with Gasteiger partial charge >= 0.3 is 5.97 Å². The molecule has 0 saturated heterocycles. The smallest absolute Gasteiger partial charge is 0.326 e. The number of carboxylic acid groups (broad SMARTS) is 1. The summed E-state index contributed by atoms with van der Waals surface area (Å²) in [4.78, 5) is 22.8. The minimum Gasteiger partial charge on any atom is -0.480 e. The molecular weight excluding hydrogens is 220 g/mol. The number of rotatable bonds is 8. The first-order valence-corrected chi connectivity index (χ1v) is 6.28. The molecule has 5 heteroatoms. The average Bonchev–Trinajstić information content (AvgIpc) is 3.08. The van der Waals surface area contributed by atoms with Gasteiger partial charge in [0.05, 0.1) is 0 Å². The molecule has 0 aromatic rings. The zero-order chi connectivity index (χ0) is 12.8. The van der Waals surface area contributed by atoms with E-state index < -0.39 is 12.0 Å². The molecule has 0 heterocycles. The summed E-state index contributed by atoms with van der Waals surface area (Å²) < 4.78 is 0. The predicted octanol–water partition coefficient (Wildman–Crippen LogP) is 0.601. The fourth-order valence-corrected chi connectivity index (χ4v) is 1.68. The van der Waals surface area contributed by atoms with Crippen molar-refractivity contribution >= 4 is 11.9 Å². The zero-order valence-electron chi connectivity index (χ0n) is 10.5. The van der Waals surface area contributed by atoms with E-state index in [4.69, 9.17) is 5.11 Å². The lowest BCUT2D eigenvalue weighted by atomic mass is 10.1. The van der Waals surface area contributed by atoms with Crippen molar-refractivity contribution in [1.82, 2.24) is 10.6 Å². The first kappa shape index (κ1) is 14.0. The molecule has 0 spiro atoms. The molecule has 1 rings (SSSR count). The standard InChI is InChI=1S/C12H22N2O3/c1-3-13-7-8(2)11(15)14-10(12(16)17)6-9-4-5-9/h8-10,13H,3-7H2,1-2H3,(H,14,15)(H,16,17)/t8?,10-/m0/s1. The molecule has 1 unspecified atom stereocenters. The fourth-order valence-electron chi connectivity index (χ4n) is 1.68. The van der Waals surface area contributed by atoms with E-state index in [2.05, 4.69) is 10.6 Å². The molecule has 1 aliphatic carbocycles. The number of hydrogen-bond acceptors (Lipinski definition) is 3. The van der Waals surface area contributed by atoms with Crippen LogP contribution in [0.4, 0.5) is 0 Å². The number of hydrogen-bond donors (Lipinski definition) is 3. The van der Waals surface area contributed by atoms with Crippen LogP contribution in [0.25, 0.3) is 0 Å². The first-order valence-electron chi connectivity index (χ1n) is 6.28. The normalized spacial score (nSPS) is 18.5. The summed E-state index contributed by atoms with van der Waals surface area (Å²) in [7, 11) is 0. The molecule has 98 valence electrons. The van der Waals surface area contributed by atoms with Crippen LogP contribution < -0.4 is 10.6 Å². The van der Waals surface area contributed by atoms with Crippen molar-refractivity contribution in [3.63, 3.8) is 0 Å². The summed E-state index contributed by atoms with van der Waals surface area (Å²) >= 11 is 0. The lowest BCUT2D eigenvalue weighted by Crippen LogP contribution is -2.45. The van der Waals surface area contributed by atoms with Crippen LogP contribution in [0.1, 0.15) is 33.1 Å². The molecule has 0 aromatic carbocycles. The Kier molecular flexibility index (Phi) is 5.41. The highest BCUT2D eigenvalue weighted by molar-refractivity contribution is 5.84. The second kappa shape index (κ2) is 6.59. The van der Waals surface area contributed by atoms with Gasteiger partial charge in [-0.25, -0.2) is 4.79 Å². The second-order valence-electron chi connectivity index (χ2n) is 4.79. The highest BCUT2D eigenvalue weighted by atomic mass is 16.4. The van der Waals surface area contributed by atoms with Gasteiger partial charge in [-0.3, -0.25) is 4.79 Å². The molecule has 1 saturated carbocycles. The molecule has 2 atom stereocenters. The van der Waals surface area contributed by atoms with Crippen molar-refractivity contribution in [3.05, 3.63) is 0 Å². The van der Waals surface area contributed by atoms with Crippen molar-refractivity contribution in [3.8, 4) is 0 Å². The van der Waals surface area contributed by atoms with Gasteiger partial charge in [-0.05, 0) is 18.9 Å². The van der Waals surface area contributed by atoms with Gasteiger partial charge in [0.2, 0.25) is 5.91 Å². The van der Waals surface area contributed by atoms with Gasteiger partial charge in [0.25, 0.3) is 0 Å². The molecule has 3 N–H and O–H groups in total. The van der Waals surface area contributed by atoms with Gasteiger partial charge in [-0.15, -0.1) is 0 Å². The molecular formula is C12H22N2O3. The maximum atomic E-state index is 11.8. The number of carbonyl (C=O) groups excluding carboxylic acids is 1. The molecule has 1 aliphatic rings. The van der Waals surface area contributed by atoms with E-state index >= 15 is 0 Å². The molecule has 0 aliphatic heterocycles. The Balaban J connectivity index is 2.36. The number of nitrogens with one attached hydrogen (secondary N) is 2. The molecule has 0 aromatic heterocycles. The van der Waals surface area contributed by atoms with E-state index in [9.17, 15) is 9.59 Å². The largest absolute Gasteiger partial charge is 0.480 e. The third-order valence-corrected chi connectivity index (χ3v) is 3.03. The van der Waals surface area contributed by atoms with Crippen molar-refractivity contribution in [1.29, 1.82) is 0 Å². The Morgan fingerprint density at radius 2 is 2.06 bits per heavy atom. The first-order chi connectivity index (χ1) is 8.04. The number of carbonyl (C=O) groups is 2. The summed E-state index contributed by atoms with van der Waals surface area (Å²) in [5.41, 5.74) is 0. The Hall–Kier alpha value is -1.10. The minimum atomic E-state index is -0.930. The molecule has 17 heavy (non-hydrogen) atoms. The SMILES string of the molecule is CCNCC(C)C(=O)N[C@@H](CC1CC1)C(=O)O. The Labute approximate surface area is 102 Å². The highest BCUT2D eigenvalue weighted by Gasteiger charge is 2.30. The minimum absolute atomic E-state index is 0.181. The maximum absolute atomic E-state index is 11.8. The van der Waals surface area contributed by atoms with Crippen LogP contribution >= 0.6 is 0 Å². The van der Waals surface area contributed by atoms with E-state index in [-0.39, 0.29) is 11.8 Å². The van der Waals surface area contributed by atoms with Gasteiger partial charge in [-0.2, -0.15) is 0 Å². The molecule has 5 nitrogen and oxygen atoms in total. The van der Waals surface area contributed by atoms with Crippen molar-refractivity contribution in [2.45, 2.75) is 39.2 Å². The van der Waals surface area contributed by atoms with Crippen molar-refractivity contribution in [2.24, 2.45) is 11.8 Å². The van der Waals surface area contributed by atoms with Crippen molar-refractivity contribution in [2.75, 3.05) is 13.1 Å². The van der Waals surface area contributed by atoms with E-state index in [1.807, 2.05) is 6.92 Å². The van der Waals surface area contributed by atoms with Crippen LogP contribution in [0.3, 0.4) is 0 Å². The lowest BCUT2D eigenvalue weighted by Gasteiger charge is -2.17. The predicted molar refractivity (Wildman–Crippen MR) is 64.6 cm³/mol. The van der Waals surface area contributed by atoms with E-state index in [1.54, 1.807) is 6.92 Å². The lowest BCUT2D eigenvalue weighted by molar-refractivity contribution is -0.142. The zero-order valence-corrected chi connectivity index (χ0v) is 10.5. The summed E-state index contributed by atoms with van der Waals surface area (Å²) in [6, 6.07) is -0.723. The van der Waals surface area contributed by atoms with Gasteiger partial charge in [-0.1, -0.05) is 26.7 Å². The maximum Gasteiger partial charge on any atom is 0.326 e. The van der Waals surface area contributed by atoms with Crippen LogP contribution in [-0.2, 0) is 9.59 Å².